The molecule has 18 heavy (non-hydrogen) atoms. The van der Waals surface area contributed by atoms with Crippen molar-refractivity contribution in [2.24, 2.45) is 0 Å². The Labute approximate surface area is 106 Å². The monoisotopic (exact) mass is 246 g/mol. The Kier molecular flexibility index (Phi) is 2.83. The molecule has 0 amide bonds. The first-order valence-corrected chi connectivity index (χ1v) is 6.32. The summed E-state index contributed by atoms with van der Waals surface area (Å²) in [5.41, 5.74) is 8.01. The van der Waals surface area contributed by atoms with Crippen LogP contribution in [0.1, 0.15) is 12.8 Å². The van der Waals surface area contributed by atoms with Crippen molar-refractivity contribution in [2.75, 3.05) is 31.2 Å². The van der Waals surface area contributed by atoms with Gasteiger partial charge in [0.05, 0.1) is 0 Å². The lowest BCUT2D eigenvalue weighted by molar-refractivity contribution is 0.262. The molecule has 0 bridgehead atoms. The number of piperidine rings is 1. The summed E-state index contributed by atoms with van der Waals surface area (Å²) in [6.07, 6.45) is 2.24. The van der Waals surface area contributed by atoms with E-state index in [1.807, 2.05) is 18.2 Å². The minimum absolute atomic E-state index is 0.451. The maximum absolute atomic E-state index is 5.72. The Morgan fingerprint density at radius 3 is 2.94 bits per heavy atom. The van der Waals surface area contributed by atoms with Gasteiger partial charge in [0.25, 0.3) is 6.01 Å². The minimum atomic E-state index is 0.451. The summed E-state index contributed by atoms with van der Waals surface area (Å²) in [7, 11) is 2.15. The van der Waals surface area contributed by atoms with Crippen LogP contribution in [-0.4, -0.2) is 36.1 Å². The third-order valence-electron chi connectivity index (χ3n) is 3.46. The van der Waals surface area contributed by atoms with Crippen molar-refractivity contribution in [3.05, 3.63) is 18.2 Å². The van der Waals surface area contributed by atoms with E-state index in [0.717, 1.165) is 37.0 Å². The summed E-state index contributed by atoms with van der Waals surface area (Å²) in [5.74, 6) is 0. The van der Waals surface area contributed by atoms with Crippen LogP contribution in [0.2, 0.25) is 0 Å². The SMILES string of the molecule is CN1CCC(Nc2nc3ccc(N)cc3o2)CC1. The fourth-order valence-electron chi connectivity index (χ4n) is 2.33. The first-order chi connectivity index (χ1) is 8.70. The fourth-order valence-corrected chi connectivity index (χ4v) is 2.33. The Bertz CT molecular complexity index is 543. The largest absolute Gasteiger partial charge is 0.423 e. The van der Waals surface area contributed by atoms with Gasteiger partial charge in [-0.3, -0.25) is 0 Å². The summed E-state index contributed by atoms with van der Waals surface area (Å²) in [5, 5.41) is 3.37. The Hall–Kier alpha value is -1.75. The zero-order valence-corrected chi connectivity index (χ0v) is 10.5. The molecule has 0 atom stereocenters. The van der Waals surface area contributed by atoms with E-state index in [1.165, 1.54) is 0 Å². The predicted molar refractivity (Wildman–Crippen MR) is 72.6 cm³/mol. The Morgan fingerprint density at radius 1 is 1.39 bits per heavy atom. The van der Waals surface area contributed by atoms with E-state index in [-0.39, 0.29) is 0 Å². The number of nitrogen functional groups attached to an aromatic ring is 1. The van der Waals surface area contributed by atoms with Crippen molar-refractivity contribution < 1.29 is 4.42 Å². The van der Waals surface area contributed by atoms with Gasteiger partial charge in [0, 0.05) is 17.8 Å². The second-order valence-electron chi connectivity index (χ2n) is 4.97. The van der Waals surface area contributed by atoms with Gasteiger partial charge in [-0.1, -0.05) is 0 Å². The molecule has 96 valence electrons. The van der Waals surface area contributed by atoms with E-state index in [2.05, 4.69) is 22.2 Å². The molecule has 1 aromatic carbocycles. The van der Waals surface area contributed by atoms with Crippen LogP contribution in [0.15, 0.2) is 22.6 Å². The third-order valence-corrected chi connectivity index (χ3v) is 3.46. The van der Waals surface area contributed by atoms with Crippen LogP contribution in [-0.2, 0) is 0 Å². The standard InChI is InChI=1S/C13H18N4O/c1-17-6-4-10(5-7-17)15-13-16-11-3-2-9(14)8-12(11)18-13/h2-3,8,10H,4-7,14H2,1H3,(H,15,16). The van der Waals surface area contributed by atoms with Crippen LogP contribution in [0.3, 0.4) is 0 Å². The molecule has 0 saturated carbocycles. The highest BCUT2D eigenvalue weighted by Crippen LogP contribution is 2.23. The van der Waals surface area contributed by atoms with Gasteiger partial charge in [-0.05, 0) is 45.1 Å². The highest BCUT2D eigenvalue weighted by Gasteiger charge is 2.18. The average Bonchev–Trinajstić information content (AvgIpc) is 2.73. The van der Waals surface area contributed by atoms with Crippen molar-refractivity contribution in [1.29, 1.82) is 0 Å². The van der Waals surface area contributed by atoms with Crippen LogP contribution < -0.4 is 11.1 Å². The second kappa shape index (κ2) is 4.49. The molecule has 0 unspecified atom stereocenters. The maximum atomic E-state index is 5.72. The lowest BCUT2D eigenvalue weighted by atomic mass is 10.1. The van der Waals surface area contributed by atoms with E-state index in [0.29, 0.717) is 17.7 Å². The third kappa shape index (κ3) is 2.26. The minimum Gasteiger partial charge on any atom is -0.423 e. The zero-order valence-electron chi connectivity index (χ0n) is 10.5. The van der Waals surface area contributed by atoms with Crippen LogP contribution in [0.5, 0.6) is 0 Å². The van der Waals surface area contributed by atoms with E-state index in [9.17, 15) is 0 Å². The molecule has 1 fully saturated rings. The number of likely N-dealkylation sites (tertiary alicyclic amines) is 1. The topological polar surface area (TPSA) is 67.3 Å². The molecule has 0 radical (unpaired) electrons. The fraction of sp³-hybridized carbons (Fsp3) is 0.462. The number of rotatable bonds is 2. The van der Waals surface area contributed by atoms with Crippen LogP contribution in [0, 0.1) is 0 Å². The molecule has 0 aliphatic carbocycles. The summed E-state index contributed by atoms with van der Waals surface area (Å²) in [4.78, 5) is 6.76. The molecular formula is C13H18N4O. The number of anilines is 2. The molecule has 0 spiro atoms. The van der Waals surface area contributed by atoms with Gasteiger partial charge in [0.15, 0.2) is 5.58 Å². The summed E-state index contributed by atoms with van der Waals surface area (Å²) in [6, 6.07) is 6.58. The lowest BCUT2D eigenvalue weighted by Gasteiger charge is -2.28. The zero-order chi connectivity index (χ0) is 12.5. The number of nitrogens with one attached hydrogen (secondary N) is 1. The van der Waals surface area contributed by atoms with Gasteiger partial charge in [0.2, 0.25) is 0 Å². The normalized spacial score (nSPS) is 18.3. The van der Waals surface area contributed by atoms with Crippen molar-refractivity contribution >= 4 is 22.8 Å². The quantitative estimate of drug-likeness (QED) is 0.792. The van der Waals surface area contributed by atoms with Gasteiger partial charge in [-0.15, -0.1) is 0 Å². The predicted octanol–water partition coefficient (Wildman–Crippen LogP) is 1.92. The Morgan fingerprint density at radius 2 is 2.17 bits per heavy atom. The van der Waals surface area contributed by atoms with E-state index in [4.69, 9.17) is 10.2 Å². The van der Waals surface area contributed by atoms with Crippen LogP contribution in [0.25, 0.3) is 11.1 Å². The number of hydrogen-bond donors (Lipinski definition) is 2. The molecule has 3 N–H and O–H groups in total. The summed E-state index contributed by atoms with van der Waals surface area (Å²) >= 11 is 0. The molecule has 1 aromatic heterocycles. The average molecular weight is 246 g/mol. The molecule has 2 heterocycles. The van der Waals surface area contributed by atoms with Crippen molar-refractivity contribution in [2.45, 2.75) is 18.9 Å². The molecular weight excluding hydrogens is 228 g/mol. The first-order valence-electron chi connectivity index (χ1n) is 6.32. The van der Waals surface area contributed by atoms with E-state index >= 15 is 0 Å². The van der Waals surface area contributed by atoms with Crippen molar-refractivity contribution in [1.82, 2.24) is 9.88 Å². The van der Waals surface area contributed by atoms with Crippen molar-refractivity contribution in [3.63, 3.8) is 0 Å². The van der Waals surface area contributed by atoms with Gasteiger partial charge >= 0.3 is 0 Å². The number of nitrogens with zero attached hydrogens (tertiary/aromatic N) is 2. The molecule has 1 aliphatic heterocycles. The highest BCUT2D eigenvalue weighted by atomic mass is 16.4. The molecule has 2 aromatic rings. The maximum Gasteiger partial charge on any atom is 0.295 e. The number of aromatic nitrogens is 1. The van der Waals surface area contributed by atoms with E-state index in [1.54, 1.807) is 0 Å². The smallest absolute Gasteiger partial charge is 0.295 e. The number of oxazole rings is 1. The number of nitrogens with two attached hydrogens (primary N) is 1. The number of fused-ring (bicyclic) bond motifs is 1. The number of benzene rings is 1. The molecule has 5 nitrogen and oxygen atoms in total. The van der Waals surface area contributed by atoms with Crippen molar-refractivity contribution in [3.8, 4) is 0 Å². The highest BCUT2D eigenvalue weighted by molar-refractivity contribution is 5.78. The van der Waals surface area contributed by atoms with E-state index < -0.39 is 0 Å². The molecule has 5 heteroatoms. The molecule has 1 saturated heterocycles. The first kappa shape index (κ1) is 11.3. The van der Waals surface area contributed by atoms with Gasteiger partial charge < -0.3 is 20.4 Å². The Balaban J connectivity index is 1.74. The molecule has 3 rings (SSSR count). The second-order valence-corrected chi connectivity index (χ2v) is 4.97. The van der Waals surface area contributed by atoms with Gasteiger partial charge in [0.1, 0.15) is 5.52 Å². The molecule has 1 aliphatic rings. The number of hydrogen-bond acceptors (Lipinski definition) is 5. The van der Waals surface area contributed by atoms with Gasteiger partial charge in [-0.2, -0.15) is 4.98 Å². The van der Waals surface area contributed by atoms with Crippen LogP contribution in [0.4, 0.5) is 11.7 Å². The summed E-state index contributed by atoms with van der Waals surface area (Å²) in [6.45, 7) is 2.23. The summed E-state index contributed by atoms with van der Waals surface area (Å²) < 4.78 is 5.66. The van der Waals surface area contributed by atoms with Crippen LogP contribution >= 0.6 is 0 Å². The van der Waals surface area contributed by atoms with Gasteiger partial charge in [-0.25, -0.2) is 0 Å². The lowest BCUT2D eigenvalue weighted by Crippen LogP contribution is -2.36.